The van der Waals surface area contributed by atoms with Gasteiger partial charge >= 0.3 is 0 Å². The number of nitrogens with zero attached hydrogens (tertiary/aromatic N) is 1. The quantitative estimate of drug-likeness (QED) is 0.768. The number of carbonyl (C=O) groups is 1. The van der Waals surface area contributed by atoms with E-state index in [4.69, 9.17) is 0 Å². The molecule has 140 valence electrons. The van der Waals surface area contributed by atoms with Crippen LogP contribution in [-0.4, -0.2) is 24.1 Å². The fourth-order valence-corrected chi connectivity index (χ4v) is 3.99. The number of carbonyl (C=O) groups excluding carboxylic acids is 1. The van der Waals surface area contributed by atoms with Gasteiger partial charge in [0.1, 0.15) is 0 Å². The van der Waals surface area contributed by atoms with E-state index >= 15 is 0 Å². The van der Waals surface area contributed by atoms with E-state index in [0.717, 1.165) is 0 Å². The van der Waals surface area contributed by atoms with Gasteiger partial charge in [0, 0.05) is 29.3 Å². The van der Waals surface area contributed by atoms with E-state index in [1.807, 2.05) is 13.8 Å². The molecular formula is C19H25N3O3S. The first-order valence-electron chi connectivity index (χ1n) is 8.44. The Bertz CT molecular complexity index is 845. The van der Waals surface area contributed by atoms with Gasteiger partial charge in [-0.05, 0) is 62.6 Å². The van der Waals surface area contributed by atoms with Crippen LogP contribution in [0.1, 0.15) is 44.5 Å². The summed E-state index contributed by atoms with van der Waals surface area (Å²) in [5, 5.41) is 2.76. The highest BCUT2D eigenvalue weighted by atomic mass is 32.2. The van der Waals surface area contributed by atoms with Crippen molar-refractivity contribution in [1.29, 1.82) is 0 Å². The first-order chi connectivity index (χ1) is 12.1. The van der Waals surface area contributed by atoms with Crippen LogP contribution in [0.2, 0.25) is 0 Å². The Morgan fingerprint density at radius 2 is 1.58 bits per heavy atom. The molecule has 26 heavy (non-hydrogen) atoms. The molecule has 0 bridgehead atoms. The van der Waals surface area contributed by atoms with Crippen molar-refractivity contribution in [3.05, 3.63) is 54.4 Å². The second kappa shape index (κ2) is 7.86. The Morgan fingerprint density at radius 3 is 2.12 bits per heavy atom. The summed E-state index contributed by atoms with van der Waals surface area (Å²) in [4.78, 5) is 16.0. The summed E-state index contributed by atoms with van der Waals surface area (Å²) in [5.41, 5.74) is 1.54. The zero-order valence-electron chi connectivity index (χ0n) is 15.5. The molecule has 1 amide bonds. The number of nitrogens with one attached hydrogen (secondary N) is 2. The standard InChI is InChI=1S/C19H25N3O3S/c1-14(2)13-19(3,4)26(24,25)22-17-7-5-16(6-8-17)21-18(23)15-9-11-20-12-10-15/h5-12,14,22H,13H2,1-4H3,(H,21,23). The highest BCUT2D eigenvalue weighted by Crippen LogP contribution is 2.27. The Hall–Kier alpha value is -2.41. The highest BCUT2D eigenvalue weighted by molar-refractivity contribution is 7.94. The first-order valence-corrected chi connectivity index (χ1v) is 9.93. The van der Waals surface area contributed by atoms with Crippen molar-refractivity contribution >= 4 is 27.3 Å². The third kappa shape index (κ3) is 5.05. The molecule has 0 unspecified atom stereocenters. The summed E-state index contributed by atoms with van der Waals surface area (Å²) in [6, 6.07) is 9.82. The van der Waals surface area contributed by atoms with Crippen molar-refractivity contribution in [3.8, 4) is 0 Å². The summed E-state index contributed by atoms with van der Waals surface area (Å²) < 4.78 is 27.0. The molecule has 0 aliphatic carbocycles. The van der Waals surface area contributed by atoms with Gasteiger partial charge in [0.2, 0.25) is 10.0 Å². The number of hydrogen-bond acceptors (Lipinski definition) is 4. The minimum absolute atomic E-state index is 0.251. The average molecular weight is 375 g/mol. The van der Waals surface area contributed by atoms with Crippen molar-refractivity contribution in [2.75, 3.05) is 10.0 Å². The number of sulfonamides is 1. The summed E-state index contributed by atoms with van der Waals surface area (Å²) in [5.74, 6) is 0.0196. The molecule has 7 heteroatoms. The molecule has 0 aliphatic rings. The molecule has 0 fully saturated rings. The highest BCUT2D eigenvalue weighted by Gasteiger charge is 2.34. The number of benzene rings is 1. The number of rotatable bonds is 7. The molecule has 0 aliphatic heterocycles. The Kier molecular flexibility index (Phi) is 6.02. The summed E-state index contributed by atoms with van der Waals surface area (Å²) >= 11 is 0. The van der Waals surface area contributed by atoms with Crippen molar-refractivity contribution in [3.63, 3.8) is 0 Å². The lowest BCUT2D eigenvalue weighted by Crippen LogP contribution is -2.38. The lowest BCUT2D eigenvalue weighted by atomic mass is 10.0. The molecule has 1 heterocycles. The van der Waals surface area contributed by atoms with Gasteiger partial charge < -0.3 is 5.32 Å². The van der Waals surface area contributed by atoms with Crippen molar-refractivity contribution in [1.82, 2.24) is 4.98 Å². The molecule has 1 aromatic carbocycles. The SMILES string of the molecule is CC(C)CC(C)(C)S(=O)(=O)Nc1ccc(NC(=O)c2ccncc2)cc1. The number of aromatic nitrogens is 1. The number of hydrogen-bond donors (Lipinski definition) is 2. The zero-order valence-corrected chi connectivity index (χ0v) is 16.3. The van der Waals surface area contributed by atoms with Crippen LogP contribution in [0.25, 0.3) is 0 Å². The topological polar surface area (TPSA) is 88.2 Å². The van der Waals surface area contributed by atoms with Gasteiger partial charge in [0.25, 0.3) is 5.91 Å². The van der Waals surface area contributed by atoms with E-state index in [9.17, 15) is 13.2 Å². The minimum Gasteiger partial charge on any atom is -0.322 e. The van der Waals surface area contributed by atoms with Crippen LogP contribution in [0, 0.1) is 5.92 Å². The molecular weight excluding hydrogens is 350 g/mol. The second-order valence-corrected chi connectivity index (χ2v) is 9.55. The van der Waals surface area contributed by atoms with Gasteiger partial charge in [0.15, 0.2) is 0 Å². The third-order valence-electron chi connectivity index (χ3n) is 3.96. The maximum atomic E-state index is 12.6. The van der Waals surface area contributed by atoms with Crippen LogP contribution in [0.15, 0.2) is 48.8 Å². The Morgan fingerprint density at radius 1 is 1.04 bits per heavy atom. The van der Waals surface area contributed by atoms with Gasteiger partial charge in [-0.25, -0.2) is 8.42 Å². The van der Waals surface area contributed by atoms with E-state index in [2.05, 4.69) is 15.0 Å². The predicted octanol–water partition coefficient (Wildman–Crippen LogP) is 3.90. The molecule has 6 nitrogen and oxygen atoms in total. The van der Waals surface area contributed by atoms with Crippen molar-refractivity contribution in [2.45, 2.75) is 38.9 Å². The third-order valence-corrected chi connectivity index (χ3v) is 6.09. The van der Waals surface area contributed by atoms with Crippen molar-refractivity contribution < 1.29 is 13.2 Å². The van der Waals surface area contributed by atoms with Gasteiger partial charge in [0.05, 0.1) is 4.75 Å². The molecule has 0 spiro atoms. The molecule has 2 rings (SSSR count). The number of pyridine rings is 1. The Balaban J connectivity index is 2.06. The van der Waals surface area contributed by atoms with E-state index in [1.54, 1.807) is 62.6 Å². The van der Waals surface area contributed by atoms with E-state index in [-0.39, 0.29) is 11.8 Å². The molecule has 2 N–H and O–H groups in total. The smallest absolute Gasteiger partial charge is 0.255 e. The molecule has 0 saturated heterocycles. The van der Waals surface area contributed by atoms with Crippen LogP contribution < -0.4 is 10.0 Å². The number of anilines is 2. The monoisotopic (exact) mass is 375 g/mol. The second-order valence-electron chi connectivity index (χ2n) is 7.23. The lowest BCUT2D eigenvalue weighted by molar-refractivity contribution is 0.102. The largest absolute Gasteiger partial charge is 0.322 e. The van der Waals surface area contributed by atoms with Gasteiger partial charge in [-0.1, -0.05) is 13.8 Å². The van der Waals surface area contributed by atoms with Crippen LogP contribution in [0.3, 0.4) is 0 Å². The molecule has 0 radical (unpaired) electrons. The first kappa shape index (κ1) is 19.9. The summed E-state index contributed by atoms with van der Waals surface area (Å²) in [7, 11) is -3.53. The molecule has 1 aromatic heterocycles. The normalized spacial score (nSPS) is 12.0. The minimum atomic E-state index is -3.53. The van der Waals surface area contributed by atoms with E-state index in [0.29, 0.717) is 23.4 Å². The molecule has 2 aromatic rings. The van der Waals surface area contributed by atoms with Gasteiger partial charge in [-0.2, -0.15) is 0 Å². The maximum absolute atomic E-state index is 12.6. The Labute approximate surface area is 155 Å². The predicted molar refractivity (Wildman–Crippen MR) is 105 cm³/mol. The fourth-order valence-electron chi connectivity index (χ4n) is 2.71. The summed E-state index contributed by atoms with van der Waals surface area (Å²) in [6.45, 7) is 7.44. The van der Waals surface area contributed by atoms with E-state index < -0.39 is 14.8 Å². The summed E-state index contributed by atoms with van der Waals surface area (Å²) in [6.07, 6.45) is 3.65. The molecule has 0 saturated carbocycles. The van der Waals surface area contributed by atoms with Crippen molar-refractivity contribution in [2.24, 2.45) is 5.92 Å². The van der Waals surface area contributed by atoms with Gasteiger partial charge in [-0.15, -0.1) is 0 Å². The van der Waals surface area contributed by atoms with Crippen LogP contribution in [0.4, 0.5) is 11.4 Å². The van der Waals surface area contributed by atoms with Crippen LogP contribution in [-0.2, 0) is 10.0 Å². The average Bonchev–Trinajstić information content (AvgIpc) is 2.56. The number of amides is 1. The van der Waals surface area contributed by atoms with Crippen LogP contribution in [0.5, 0.6) is 0 Å². The van der Waals surface area contributed by atoms with E-state index in [1.165, 1.54) is 0 Å². The zero-order chi connectivity index (χ0) is 19.4. The lowest BCUT2D eigenvalue weighted by Gasteiger charge is -2.27. The van der Waals surface area contributed by atoms with Gasteiger partial charge in [-0.3, -0.25) is 14.5 Å². The van der Waals surface area contributed by atoms with Crippen LogP contribution >= 0.6 is 0 Å². The molecule has 0 atom stereocenters. The maximum Gasteiger partial charge on any atom is 0.255 e. The fraction of sp³-hybridized carbons (Fsp3) is 0.368.